The highest BCUT2D eigenvalue weighted by molar-refractivity contribution is 5.82. The summed E-state index contributed by atoms with van der Waals surface area (Å²) < 4.78 is 10.5. The number of likely N-dealkylation sites (tertiary alicyclic amines) is 1. The number of hydrazine groups is 1. The van der Waals surface area contributed by atoms with Crippen molar-refractivity contribution in [1.82, 2.24) is 15.3 Å². The van der Waals surface area contributed by atoms with Gasteiger partial charge in [0, 0.05) is 0 Å². The summed E-state index contributed by atoms with van der Waals surface area (Å²) in [7, 11) is 3.31. The second-order valence-corrected chi connectivity index (χ2v) is 7.39. The summed E-state index contributed by atoms with van der Waals surface area (Å²) in [5, 5.41) is 1.75. The molecule has 0 spiro atoms. The molecule has 2 aromatic rings. The molecule has 29 heavy (non-hydrogen) atoms. The fourth-order valence-electron chi connectivity index (χ4n) is 3.87. The minimum Gasteiger partial charge on any atom is -0.497 e. The number of carbonyl (C=O) groups excluding carboxylic acids is 1. The van der Waals surface area contributed by atoms with Gasteiger partial charge in [-0.25, -0.2) is 5.01 Å². The molecule has 1 atom stereocenters. The topological polar surface area (TPSA) is 54.0 Å². The second-order valence-electron chi connectivity index (χ2n) is 7.39. The van der Waals surface area contributed by atoms with E-state index in [9.17, 15) is 4.79 Å². The molecule has 2 heterocycles. The van der Waals surface area contributed by atoms with Gasteiger partial charge in [0.1, 0.15) is 11.5 Å². The zero-order valence-corrected chi connectivity index (χ0v) is 16.9. The fourth-order valence-corrected chi connectivity index (χ4v) is 3.87. The summed E-state index contributed by atoms with van der Waals surface area (Å²) in [5.74, 6) is 1.68. The highest BCUT2D eigenvalue weighted by Crippen LogP contribution is 2.33. The Kier molecular flexibility index (Phi) is 5.71. The Balaban J connectivity index is 1.60. The standard InChI is InChI=1S/C23H27N3O3/c1-28-19-9-5-17(6-10-19)21-15-22(18-7-11-20(29-2)12-8-18)26(24-21)23(27)16-25-13-3-4-14-25/h5-12,15,22,24H,3-4,13-14,16H2,1-2H3/t22-/m0/s1. The number of hydrogen-bond acceptors (Lipinski definition) is 5. The zero-order chi connectivity index (χ0) is 20.2. The minimum atomic E-state index is -0.173. The Hall–Kier alpha value is -2.99. The molecule has 0 radical (unpaired) electrons. The van der Waals surface area contributed by atoms with E-state index in [1.54, 1.807) is 19.2 Å². The number of ether oxygens (including phenoxy) is 2. The number of carbonyl (C=O) groups is 1. The van der Waals surface area contributed by atoms with Gasteiger partial charge in [0.2, 0.25) is 0 Å². The molecular formula is C23H27N3O3. The van der Waals surface area contributed by atoms with Gasteiger partial charge in [-0.3, -0.25) is 15.1 Å². The monoisotopic (exact) mass is 393 g/mol. The van der Waals surface area contributed by atoms with Crippen LogP contribution in [0.25, 0.3) is 5.70 Å². The summed E-state index contributed by atoms with van der Waals surface area (Å²) in [6, 6.07) is 15.5. The van der Waals surface area contributed by atoms with E-state index in [1.165, 1.54) is 0 Å². The lowest BCUT2D eigenvalue weighted by Gasteiger charge is -2.27. The molecule has 1 amide bonds. The predicted octanol–water partition coefficient (Wildman–Crippen LogP) is 3.23. The van der Waals surface area contributed by atoms with Crippen LogP contribution in [0.15, 0.2) is 54.6 Å². The molecule has 2 aliphatic heterocycles. The predicted molar refractivity (Wildman–Crippen MR) is 112 cm³/mol. The Labute approximate surface area is 171 Å². The molecule has 1 saturated heterocycles. The van der Waals surface area contributed by atoms with E-state index in [0.717, 1.165) is 54.3 Å². The van der Waals surface area contributed by atoms with E-state index >= 15 is 0 Å². The first-order chi connectivity index (χ1) is 14.2. The lowest BCUT2D eigenvalue weighted by molar-refractivity contribution is -0.135. The number of amides is 1. The summed E-state index contributed by atoms with van der Waals surface area (Å²) in [5.41, 5.74) is 6.31. The summed E-state index contributed by atoms with van der Waals surface area (Å²) in [6.45, 7) is 2.42. The van der Waals surface area contributed by atoms with Gasteiger partial charge in [-0.1, -0.05) is 12.1 Å². The Morgan fingerprint density at radius 1 is 0.966 bits per heavy atom. The molecule has 4 rings (SSSR count). The van der Waals surface area contributed by atoms with Crippen LogP contribution in [-0.2, 0) is 4.79 Å². The van der Waals surface area contributed by atoms with Crippen molar-refractivity contribution in [2.24, 2.45) is 0 Å². The lowest BCUT2D eigenvalue weighted by Crippen LogP contribution is -2.44. The molecule has 0 saturated carbocycles. The maximum atomic E-state index is 13.1. The fraction of sp³-hybridized carbons (Fsp3) is 0.348. The van der Waals surface area contributed by atoms with Gasteiger partial charge in [0.05, 0.1) is 32.5 Å². The van der Waals surface area contributed by atoms with Gasteiger partial charge in [-0.05, 0) is 79.5 Å². The number of benzene rings is 2. The first kappa shape index (κ1) is 19.3. The Bertz CT molecular complexity index is 871. The third-order valence-corrected chi connectivity index (χ3v) is 5.53. The smallest absolute Gasteiger partial charge is 0.255 e. The van der Waals surface area contributed by atoms with Crippen LogP contribution < -0.4 is 14.9 Å². The Morgan fingerprint density at radius 3 is 2.14 bits per heavy atom. The molecular weight excluding hydrogens is 366 g/mol. The average Bonchev–Trinajstić information content (AvgIpc) is 3.44. The maximum Gasteiger partial charge on any atom is 0.255 e. The molecule has 152 valence electrons. The zero-order valence-electron chi connectivity index (χ0n) is 16.9. The van der Waals surface area contributed by atoms with E-state index in [4.69, 9.17) is 9.47 Å². The van der Waals surface area contributed by atoms with Crippen molar-refractivity contribution in [1.29, 1.82) is 0 Å². The Morgan fingerprint density at radius 2 is 1.55 bits per heavy atom. The lowest BCUT2D eigenvalue weighted by atomic mass is 10.0. The highest BCUT2D eigenvalue weighted by Gasteiger charge is 2.32. The summed E-state index contributed by atoms with van der Waals surface area (Å²) in [6.07, 6.45) is 4.43. The van der Waals surface area contributed by atoms with Crippen molar-refractivity contribution in [2.45, 2.75) is 18.9 Å². The average molecular weight is 393 g/mol. The molecule has 1 N–H and O–H groups in total. The number of nitrogens with zero attached hydrogens (tertiary/aromatic N) is 2. The van der Waals surface area contributed by atoms with Crippen molar-refractivity contribution in [3.8, 4) is 11.5 Å². The van der Waals surface area contributed by atoms with Crippen molar-refractivity contribution in [3.63, 3.8) is 0 Å². The van der Waals surface area contributed by atoms with Crippen LogP contribution in [-0.4, -0.2) is 49.7 Å². The third-order valence-electron chi connectivity index (χ3n) is 5.53. The van der Waals surface area contributed by atoms with E-state index < -0.39 is 0 Å². The van der Waals surface area contributed by atoms with Gasteiger partial charge in [0.15, 0.2) is 0 Å². The number of methoxy groups -OCH3 is 2. The van der Waals surface area contributed by atoms with Crippen LogP contribution in [0.2, 0.25) is 0 Å². The van der Waals surface area contributed by atoms with Crippen LogP contribution in [0.5, 0.6) is 11.5 Å². The molecule has 1 fully saturated rings. The van der Waals surface area contributed by atoms with Gasteiger partial charge < -0.3 is 9.47 Å². The third kappa shape index (κ3) is 4.22. The molecule has 0 aromatic heterocycles. The molecule has 0 aliphatic carbocycles. The van der Waals surface area contributed by atoms with Gasteiger partial charge in [-0.2, -0.15) is 0 Å². The molecule has 2 aliphatic rings. The maximum absolute atomic E-state index is 13.1. The minimum absolute atomic E-state index is 0.0764. The molecule has 0 bridgehead atoms. The molecule has 2 aromatic carbocycles. The SMILES string of the molecule is COc1ccc(C2=C[C@@H](c3ccc(OC)cc3)N(C(=O)CN3CCCC3)N2)cc1. The molecule has 6 heteroatoms. The van der Waals surface area contributed by atoms with E-state index in [2.05, 4.69) is 16.4 Å². The van der Waals surface area contributed by atoms with Crippen molar-refractivity contribution < 1.29 is 14.3 Å². The molecule has 6 nitrogen and oxygen atoms in total. The van der Waals surface area contributed by atoms with Crippen molar-refractivity contribution in [3.05, 3.63) is 65.7 Å². The number of rotatable bonds is 6. The highest BCUT2D eigenvalue weighted by atomic mass is 16.5. The summed E-state index contributed by atoms with van der Waals surface area (Å²) >= 11 is 0. The quantitative estimate of drug-likeness (QED) is 0.817. The van der Waals surface area contributed by atoms with E-state index in [1.807, 2.05) is 48.5 Å². The number of nitrogens with one attached hydrogen (secondary N) is 1. The first-order valence-electron chi connectivity index (χ1n) is 9.99. The van der Waals surface area contributed by atoms with Gasteiger partial charge in [-0.15, -0.1) is 0 Å². The van der Waals surface area contributed by atoms with Crippen LogP contribution >= 0.6 is 0 Å². The first-order valence-corrected chi connectivity index (χ1v) is 9.99. The molecule has 0 unspecified atom stereocenters. The van der Waals surface area contributed by atoms with Crippen molar-refractivity contribution in [2.75, 3.05) is 33.9 Å². The van der Waals surface area contributed by atoms with Crippen molar-refractivity contribution >= 4 is 11.6 Å². The van der Waals surface area contributed by atoms with Crippen LogP contribution in [0.1, 0.15) is 30.0 Å². The second kappa shape index (κ2) is 8.57. The van der Waals surface area contributed by atoms with E-state index in [-0.39, 0.29) is 11.9 Å². The van der Waals surface area contributed by atoms with Gasteiger partial charge in [0.25, 0.3) is 5.91 Å². The number of hydrogen-bond donors (Lipinski definition) is 1. The van der Waals surface area contributed by atoms with Crippen LogP contribution in [0, 0.1) is 0 Å². The van der Waals surface area contributed by atoms with E-state index in [0.29, 0.717) is 6.54 Å². The van der Waals surface area contributed by atoms with Gasteiger partial charge >= 0.3 is 0 Å². The normalized spacial score (nSPS) is 19.0. The largest absolute Gasteiger partial charge is 0.497 e. The summed E-state index contributed by atoms with van der Waals surface area (Å²) in [4.78, 5) is 15.4. The van der Waals surface area contributed by atoms with Crippen LogP contribution in [0.3, 0.4) is 0 Å². The van der Waals surface area contributed by atoms with Crippen LogP contribution in [0.4, 0.5) is 0 Å².